The fourth-order valence-electron chi connectivity index (χ4n) is 5.50. The number of carbonyl (C=O) groups excluding carboxylic acids is 1. The van der Waals surface area contributed by atoms with Gasteiger partial charge in [-0.2, -0.15) is 4.31 Å². The number of halogens is 3. The number of benzene rings is 3. The maximum atomic E-state index is 14.4. The van der Waals surface area contributed by atoms with Crippen molar-refractivity contribution in [1.29, 1.82) is 0 Å². The summed E-state index contributed by atoms with van der Waals surface area (Å²) in [4.78, 5) is 27.5. The third kappa shape index (κ3) is 8.00. The van der Waals surface area contributed by atoms with Crippen molar-refractivity contribution >= 4 is 46.3 Å². The number of aliphatic carboxylic acids is 1. The number of nitrogens with zero attached hydrogens (tertiary/aromatic N) is 2. The van der Waals surface area contributed by atoms with E-state index in [1.807, 2.05) is 6.92 Å². The molecule has 3 aromatic rings. The van der Waals surface area contributed by atoms with Gasteiger partial charge in [-0.3, -0.25) is 14.1 Å². The summed E-state index contributed by atoms with van der Waals surface area (Å²) in [6, 6.07) is 18.1. The van der Waals surface area contributed by atoms with Gasteiger partial charge in [-0.1, -0.05) is 72.6 Å². The van der Waals surface area contributed by atoms with Crippen molar-refractivity contribution < 1.29 is 32.6 Å². The molecule has 1 saturated heterocycles. The second kappa shape index (κ2) is 14.7. The van der Waals surface area contributed by atoms with Gasteiger partial charge in [0.25, 0.3) is 5.91 Å². The fourth-order valence-corrected chi connectivity index (χ4v) is 6.51. The number of carbonyl (C=O) groups is 2. The second-order valence-corrected chi connectivity index (χ2v) is 12.3. The Bertz CT molecular complexity index is 1460. The van der Waals surface area contributed by atoms with Crippen LogP contribution in [0.15, 0.2) is 72.8 Å². The first-order valence-electron chi connectivity index (χ1n) is 13.8. The Labute approximate surface area is 262 Å². The summed E-state index contributed by atoms with van der Waals surface area (Å²) in [7, 11) is 0. The largest absolute Gasteiger partial charge is 0.481 e. The summed E-state index contributed by atoms with van der Waals surface area (Å²) in [5, 5.41) is 10.6. The molecule has 1 heterocycles. The van der Waals surface area contributed by atoms with Crippen LogP contribution in [0.1, 0.15) is 55.5 Å². The highest BCUT2D eigenvalue weighted by atomic mass is 35.5. The summed E-state index contributed by atoms with van der Waals surface area (Å²) in [6.45, 7) is 3.51. The summed E-state index contributed by atoms with van der Waals surface area (Å²) in [5.41, 5.74) is 1.69. The lowest BCUT2D eigenvalue weighted by atomic mass is 9.89. The molecule has 0 aromatic heterocycles. The predicted molar refractivity (Wildman–Crippen MR) is 163 cm³/mol. The molecule has 1 amide bonds. The molecule has 2 unspecified atom stereocenters. The van der Waals surface area contributed by atoms with Crippen molar-refractivity contribution in [3.63, 3.8) is 0 Å². The highest BCUT2D eigenvalue weighted by Crippen LogP contribution is 2.44. The number of morpholine rings is 1. The second-order valence-electron chi connectivity index (χ2n) is 10.5. The van der Waals surface area contributed by atoms with Crippen LogP contribution in [-0.2, 0) is 32.0 Å². The number of amides is 1. The van der Waals surface area contributed by atoms with Gasteiger partial charge in [-0.25, -0.2) is 8.60 Å². The zero-order valence-corrected chi connectivity index (χ0v) is 25.9. The lowest BCUT2D eigenvalue weighted by Gasteiger charge is -2.48. The minimum Gasteiger partial charge on any atom is -0.481 e. The minimum atomic E-state index is -2.46. The van der Waals surface area contributed by atoms with Crippen LogP contribution in [0.2, 0.25) is 10.0 Å². The van der Waals surface area contributed by atoms with Crippen LogP contribution in [0.25, 0.3) is 0 Å². The summed E-state index contributed by atoms with van der Waals surface area (Å²) in [5.74, 6) is -2.19. The van der Waals surface area contributed by atoms with Gasteiger partial charge in [-0.05, 0) is 66.8 Å². The fraction of sp³-hybridized carbons (Fsp3) is 0.355. The van der Waals surface area contributed by atoms with Gasteiger partial charge < -0.3 is 14.7 Å². The molecule has 43 heavy (non-hydrogen) atoms. The van der Waals surface area contributed by atoms with Gasteiger partial charge in [0.05, 0.1) is 12.5 Å². The van der Waals surface area contributed by atoms with E-state index in [1.165, 1.54) is 10.4 Å². The van der Waals surface area contributed by atoms with Crippen LogP contribution in [0.4, 0.5) is 4.39 Å². The molecule has 230 valence electrons. The molecule has 0 radical (unpaired) electrons. The maximum absolute atomic E-state index is 14.4. The highest BCUT2D eigenvalue weighted by molar-refractivity contribution is 7.76. The van der Waals surface area contributed by atoms with Crippen LogP contribution >= 0.6 is 23.2 Å². The summed E-state index contributed by atoms with van der Waals surface area (Å²) < 4.78 is 45.0. The van der Waals surface area contributed by atoms with Crippen molar-refractivity contribution in [1.82, 2.24) is 9.21 Å². The third-order valence-electron chi connectivity index (χ3n) is 7.60. The molecule has 1 aliphatic rings. The van der Waals surface area contributed by atoms with Gasteiger partial charge >= 0.3 is 5.97 Å². The van der Waals surface area contributed by atoms with E-state index in [9.17, 15) is 27.8 Å². The topological polar surface area (TPSA) is 107 Å². The average molecular weight is 652 g/mol. The maximum Gasteiger partial charge on any atom is 0.306 e. The standard InChI is InChI=1S/C31H33Cl2FN2O6S/c1-3-25(18-35(43(40)41)19(2)15-21-7-4-5-10-26(21)34)36-29(20-11-13-23(32)14-12-20)30(22-8-6-9-24(33)16-22)42-27(31(36)39)17-28(37)38/h4-14,16,19,25,27,29-30H,3,15,17-18H2,1-2H3,(H,37,38)(H,40,41)/t19?,25-,27-,29+,30+/m0/s1. The molecule has 2 N–H and O–H groups in total. The molecule has 3 aromatic carbocycles. The Morgan fingerprint density at radius 3 is 2.37 bits per heavy atom. The summed E-state index contributed by atoms with van der Waals surface area (Å²) >= 11 is 10.1. The molecule has 1 fully saturated rings. The Balaban J connectivity index is 1.79. The number of carboxylic acids is 1. The number of carboxylic acid groups (broad SMARTS) is 1. The quantitative estimate of drug-likeness (QED) is 0.218. The predicted octanol–water partition coefficient (Wildman–Crippen LogP) is 6.47. The number of rotatable bonds is 12. The molecule has 0 saturated carbocycles. The number of hydrogen-bond donors (Lipinski definition) is 2. The van der Waals surface area contributed by atoms with E-state index in [1.54, 1.807) is 78.6 Å². The molecule has 1 aliphatic heterocycles. The van der Waals surface area contributed by atoms with E-state index >= 15 is 0 Å². The van der Waals surface area contributed by atoms with Gasteiger partial charge in [-0.15, -0.1) is 0 Å². The van der Waals surface area contributed by atoms with E-state index in [0.29, 0.717) is 33.2 Å². The first kappa shape index (κ1) is 33.0. The minimum absolute atomic E-state index is 0.0485. The van der Waals surface area contributed by atoms with Crippen molar-refractivity contribution in [2.45, 2.75) is 63.4 Å². The normalized spacial score (nSPS) is 21.0. The zero-order valence-electron chi connectivity index (χ0n) is 23.6. The number of hydrogen-bond acceptors (Lipinski definition) is 4. The Kier molecular flexibility index (Phi) is 11.3. The molecule has 12 heteroatoms. The van der Waals surface area contributed by atoms with E-state index in [2.05, 4.69) is 0 Å². The van der Waals surface area contributed by atoms with Gasteiger partial charge in [0.1, 0.15) is 18.0 Å². The average Bonchev–Trinajstić information content (AvgIpc) is 2.96. The monoisotopic (exact) mass is 650 g/mol. The molecule has 6 atom stereocenters. The van der Waals surface area contributed by atoms with Crippen LogP contribution in [0.3, 0.4) is 0 Å². The lowest BCUT2D eigenvalue weighted by Crippen LogP contribution is -2.58. The van der Waals surface area contributed by atoms with Crippen LogP contribution < -0.4 is 0 Å². The molecule has 0 bridgehead atoms. The lowest BCUT2D eigenvalue weighted by molar-refractivity contribution is -0.184. The van der Waals surface area contributed by atoms with Crippen molar-refractivity contribution in [3.05, 3.63) is 105 Å². The van der Waals surface area contributed by atoms with Crippen molar-refractivity contribution in [3.8, 4) is 0 Å². The van der Waals surface area contributed by atoms with E-state index in [4.69, 9.17) is 27.9 Å². The Hall–Kier alpha value is -2.86. The Morgan fingerprint density at radius 1 is 1.07 bits per heavy atom. The molecular formula is C31H33Cl2FN2O6S. The molecule has 8 nitrogen and oxygen atoms in total. The zero-order chi connectivity index (χ0) is 31.3. The van der Waals surface area contributed by atoms with E-state index in [-0.39, 0.29) is 13.0 Å². The van der Waals surface area contributed by atoms with Gasteiger partial charge in [0.2, 0.25) is 11.3 Å². The first-order chi connectivity index (χ1) is 20.5. The summed E-state index contributed by atoms with van der Waals surface area (Å²) in [6.07, 6.45) is -2.20. The van der Waals surface area contributed by atoms with Crippen LogP contribution in [-0.4, -0.2) is 59.7 Å². The van der Waals surface area contributed by atoms with Crippen molar-refractivity contribution in [2.24, 2.45) is 0 Å². The SMILES string of the molecule is CC[C@@H](CN(C(C)Cc1ccccc1F)S(=O)O)N1C(=O)[C@H](CC(=O)O)O[C@H](c2cccc(Cl)c2)[C@H]1c1ccc(Cl)cc1. The van der Waals surface area contributed by atoms with E-state index < -0.39 is 65.7 Å². The molecule has 0 aliphatic carbocycles. The van der Waals surface area contributed by atoms with Gasteiger partial charge in [0.15, 0.2) is 0 Å². The number of ether oxygens (including phenoxy) is 1. The Morgan fingerprint density at radius 2 is 1.77 bits per heavy atom. The third-order valence-corrected chi connectivity index (χ3v) is 8.99. The molecular weight excluding hydrogens is 618 g/mol. The van der Waals surface area contributed by atoms with Crippen LogP contribution in [0.5, 0.6) is 0 Å². The van der Waals surface area contributed by atoms with E-state index in [0.717, 1.165) is 0 Å². The smallest absolute Gasteiger partial charge is 0.306 e. The van der Waals surface area contributed by atoms with Crippen LogP contribution in [0, 0.1) is 5.82 Å². The highest BCUT2D eigenvalue weighted by Gasteiger charge is 2.47. The molecule has 4 rings (SSSR count). The first-order valence-corrected chi connectivity index (χ1v) is 15.6. The molecule has 0 spiro atoms. The van der Waals surface area contributed by atoms with Gasteiger partial charge in [0, 0.05) is 28.7 Å². The van der Waals surface area contributed by atoms with Crippen molar-refractivity contribution in [2.75, 3.05) is 6.54 Å².